The van der Waals surface area contributed by atoms with Gasteiger partial charge in [-0.05, 0) is 48.4 Å². The number of nitrogens with one attached hydrogen (secondary N) is 1. The van der Waals surface area contributed by atoms with E-state index in [1.807, 2.05) is 38.1 Å². The number of hydrogen-bond acceptors (Lipinski definition) is 4. The number of carboxylic acids is 1. The fraction of sp³-hybridized carbons (Fsp3) is 0.464. The highest BCUT2D eigenvalue weighted by Gasteiger charge is 2.29. The van der Waals surface area contributed by atoms with E-state index in [9.17, 15) is 14.4 Å². The molecular weight excluding hydrogens is 444 g/mol. The van der Waals surface area contributed by atoms with Crippen LogP contribution in [0.5, 0.6) is 0 Å². The third kappa shape index (κ3) is 7.07. The van der Waals surface area contributed by atoms with Gasteiger partial charge in [0.2, 0.25) is 5.91 Å². The van der Waals surface area contributed by atoms with Gasteiger partial charge in [0, 0.05) is 37.9 Å². The van der Waals surface area contributed by atoms with Crippen molar-refractivity contribution in [3.63, 3.8) is 0 Å². The second kappa shape index (κ2) is 12.9. The minimum atomic E-state index is -0.824. The van der Waals surface area contributed by atoms with Crippen LogP contribution < -0.4 is 5.32 Å². The van der Waals surface area contributed by atoms with Crippen molar-refractivity contribution < 1.29 is 24.2 Å². The van der Waals surface area contributed by atoms with E-state index in [0.717, 1.165) is 17.5 Å². The number of carbonyl (C=O) groups excluding carboxylic acids is 2. The van der Waals surface area contributed by atoms with Gasteiger partial charge in [0.25, 0.3) is 0 Å². The van der Waals surface area contributed by atoms with Gasteiger partial charge in [-0.1, -0.05) is 61.9 Å². The first-order valence-corrected chi connectivity index (χ1v) is 12.6. The van der Waals surface area contributed by atoms with Crippen molar-refractivity contribution in [3.8, 4) is 11.1 Å². The average molecular weight is 481 g/mol. The summed E-state index contributed by atoms with van der Waals surface area (Å²) in [6.45, 7) is 5.22. The van der Waals surface area contributed by atoms with Gasteiger partial charge in [-0.15, -0.1) is 0 Å². The molecule has 1 aliphatic rings. The van der Waals surface area contributed by atoms with E-state index < -0.39 is 12.1 Å². The van der Waals surface area contributed by atoms with Crippen LogP contribution in [-0.4, -0.2) is 53.7 Å². The third-order valence-corrected chi connectivity index (χ3v) is 6.53. The monoisotopic (exact) mass is 480 g/mol. The second-order valence-electron chi connectivity index (χ2n) is 8.98. The van der Waals surface area contributed by atoms with E-state index >= 15 is 0 Å². The lowest BCUT2D eigenvalue weighted by Gasteiger charge is -2.24. The molecular formula is C28H36N2O5. The average Bonchev–Trinajstić information content (AvgIpc) is 3.16. The minimum absolute atomic E-state index is 0.0132. The molecule has 1 aliphatic carbocycles. The summed E-state index contributed by atoms with van der Waals surface area (Å²) in [6, 6.07) is 16.1. The molecule has 188 valence electrons. The van der Waals surface area contributed by atoms with E-state index in [1.54, 1.807) is 4.90 Å². The van der Waals surface area contributed by atoms with E-state index in [4.69, 9.17) is 9.84 Å². The molecule has 0 saturated carbocycles. The number of fused-ring (bicyclic) bond motifs is 3. The Bertz CT molecular complexity index is 976. The first kappa shape index (κ1) is 26.3. The van der Waals surface area contributed by atoms with E-state index in [-0.39, 0.29) is 37.3 Å². The van der Waals surface area contributed by atoms with Crippen molar-refractivity contribution in [2.45, 2.75) is 64.3 Å². The van der Waals surface area contributed by atoms with E-state index in [2.05, 4.69) is 29.6 Å². The van der Waals surface area contributed by atoms with Gasteiger partial charge in [-0.2, -0.15) is 0 Å². The Morgan fingerprint density at radius 1 is 1.00 bits per heavy atom. The van der Waals surface area contributed by atoms with E-state index in [0.29, 0.717) is 32.4 Å². The number of unbranched alkanes of at least 4 members (excludes halogenated alkanes) is 1. The fourth-order valence-corrected chi connectivity index (χ4v) is 4.76. The first-order valence-electron chi connectivity index (χ1n) is 12.6. The predicted octanol–water partition coefficient (Wildman–Crippen LogP) is 5.19. The zero-order valence-electron chi connectivity index (χ0n) is 20.7. The molecule has 1 atom stereocenters. The second-order valence-corrected chi connectivity index (χ2v) is 8.98. The molecule has 0 aromatic heterocycles. The Labute approximate surface area is 207 Å². The van der Waals surface area contributed by atoms with Crippen LogP contribution in [-0.2, 0) is 14.3 Å². The Kier molecular flexibility index (Phi) is 9.70. The van der Waals surface area contributed by atoms with Gasteiger partial charge >= 0.3 is 12.1 Å². The number of alkyl carbamates (subject to hydrolysis) is 1. The van der Waals surface area contributed by atoms with Crippen molar-refractivity contribution in [2.24, 2.45) is 0 Å². The van der Waals surface area contributed by atoms with Gasteiger partial charge in [-0.25, -0.2) is 4.79 Å². The molecule has 2 aromatic carbocycles. The molecule has 2 N–H and O–H groups in total. The van der Waals surface area contributed by atoms with Crippen LogP contribution in [0.2, 0.25) is 0 Å². The lowest BCUT2D eigenvalue weighted by atomic mass is 9.98. The van der Waals surface area contributed by atoms with Crippen molar-refractivity contribution in [1.82, 2.24) is 10.2 Å². The van der Waals surface area contributed by atoms with Crippen LogP contribution in [0.3, 0.4) is 0 Å². The molecule has 2 aromatic rings. The summed E-state index contributed by atoms with van der Waals surface area (Å²) in [5.74, 6) is -0.879. The van der Waals surface area contributed by atoms with Crippen LogP contribution in [0.4, 0.5) is 4.79 Å². The topological polar surface area (TPSA) is 95.9 Å². The molecule has 0 spiro atoms. The van der Waals surface area contributed by atoms with Crippen LogP contribution in [0, 0.1) is 0 Å². The van der Waals surface area contributed by atoms with Crippen LogP contribution in [0.25, 0.3) is 11.1 Å². The van der Waals surface area contributed by atoms with Gasteiger partial charge in [0.05, 0.1) is 0 Å². The van der Waals surface area contributed by atoms with Crippen molar-refractivity contribution in [3.05, 3.63) is 59.7 Å². The third-order valence-electron chi connectivity index (χ3n) is 6.53. The summed E-state index contributed by atoms with van der Waals surface area (Å²) in [4.78, 5) is 37.9. The fourth-order valence-electron chi connectivity index (χ4n) is 4.76. The number of carboxylic acid groups (broad SMARTS) is 1. The molecule has 3 rings (SSSR count). The smallest absolute Gasteiger partial charge is 0.407 e. The molecule has 7 heteroatoms. The zero-order chi connectivity index (χ0) is 25.2. The lowest BCUT2D eigenvalue weighted by Crippen LogP contribution is -2.41. The van der Waals surface area contributed by atoms with Gasteiger partial charge < -0.3 is 20.1 Å². The Balaban J connectivity index is 1.54. The van der Waals surface area contributed by atoms with E-state index in [1.165, 1.54) is 11.1 Å². The standard InChI is InChI=1S/C28H36N2O5/c1-3-11-20(18-26(31)30(4-2)17-10-9-16-27(32)33)29-28(34)35-19-25-23-14-7-5-12-21(23)22-13-6-8-15-24(22)25/h5-8,12-15,20,25H,3-4,9-11,16-19H2,1-2H3,(H,29,34)(H,32,33). The van der Waals surface area contributed by atoms with Crippen molar-refractivity contribution in [2.75, 3.05) is 19.7 Å². The van der Waals surface area contributed by atoms with Crippen LogP contribution >= 0.6 is 0 Å². The largest absolute Gasteiger partial charge is 0.481 e. The molecule has 7 nitrogen and oxygen atoms in total. The Morgan fingerprint density at radius 3 is 2.20 bits per heavy atom. The number of benzene rings is 2. The van der Waals surface area contributed by atoms with Crippen LogP contribution in [0.1, 0.15) is 69.4 Å². The number of aliphatic carboxylic acids is 1. The molecule has 1 unspecified atom stereocenters. The summed E-state index contributed by atoms with van der Waals surface area (Å²) in [6.07, 6.45) is 2.47. The number of nitrogens with zero attached hydrogens (tertiary/aromatic N) is 1. The molecule has 0 heterocycles. The number of carbonyl (C=O) groups is 3. The Morgan fingerprint density at radius 2 is 1.63 bits per heavy atom. The summed E-state index contributed by atoms with van der Waals surface area (Å²) in [5.41, 5.74) is 4.66. The molecule has 0 saturated heterocycles. The van der Waals surface area contributed by atoms with Gasteiger partial charge in [0.1, 0.15) is 6.61 Å². The highest BCUT2D eigenvalue weighted by Crippen LogP contribution is 2.44. The lowest BCUT2D eigenvalue weighted by molar-refractivity contribution is -0.137. The quantitative estimate of drug-likeness (QED) is 0.385. The maximum absolute atomic E-state index is 12.8. The predicted molar refractivity (Wildman–Crippen MR) is 135 cm³/mol. The number of amides is 2. The molecule has 2 amide bonds. The molecule has 0 bridgehead atoms. The molecule has 35 heavy (non-hydrogen) atoms. The van der Waals surface area contributed by atoms with Crippen molar-refractivity contribution >= 4 is 18.0 Å². The van der Waals surface area contributed by atoms with Crippen molar-refractivity contribution in [1.29, 1.82) is 0 Å². The SMILES string of the molecule is CCCC(CC(=O)N(CC)CCCCC(=O)O)NC(=O)OCC1c2ccccc2-c2ccccc21. The number of ether oxygens (including phenoxy) is 1. The number of hydrogen-bond donors (Lipinski definition) is 2. The Hall–Kier alpha value is -3.35. The summed E-state index contributed by atoms with van der Waals surface area (Å²) in [7, 11) is 0. The summed E-state index contributed by atoms with van der Waals surface area (Å²) >= 11 is 0. The summed E-state index contributed by atoms with van der Waals surface area (Å²) in [5, 5.41) is 11.7. The van der Waals surface area contributed by atoms with Gasteiger partial charge in [0.15, 0.2) is 0 Å². The number of rotatable bonds is 13. The first-order chi connectivity index (χ1) is 16.9. The minimum Gasteiger partial charge on any atom is -0.481 e. The highest BCUT2D eigenvalue weighted by atomic mass is 16.5. The maximum Gasteiger partial charge on any atom is 0.407 e. The molecule has 0 radical (unpaired) electrons. The van der Waals surface area contributed by atoms with Crippen LogP contribution in [0.15, 0.2) is 48.5 Å². The molecule has 0 aliphatic heterocycles. The van der Waals surface area contributed by atoms with Gasteiger partial charge in [-0.3, -0.25) is 9.59 Å². The highest BCUT2D eigenvalue weighted by molar-refractivity contribution is 5.79. The molecule has 0 fully saturated rings. The summed E-state index contributed by atoms with van der Waals surface area (Å²) < 4.78 is 5.66. The normalized spacial score (nSPS) is 13.0. The zero-order valence-corrected chi connectivity index (χ0v) is 20.7. The maximum atomic E-state index is 12.8.